The Hall–Kier alpha value is -1.82. The lowest BCUT2D eigenvalue weighted by molar-refractivity contribution is 1.07. The third-order valence-electron chi connectivity index (χ3n) is 4.18. The fraction of sp³-hybridized carbons (Fsp3) is 0.100. The Kier molecular flexibility index (Phi) is 4.78. The molecular weight excluding hydrogens is 430 g/mol. The van der Waals surface area contributed by atoms with Crippen LogP contribution in [0.15, 0.2) is 64.1 Å². The lowest BCUT2D eigenvalue weighted by Crippen LogP contribution is -1.93. The third kappa shape index (κ3) is 3.15. The summed E-state index contributed by atoms with van der Waals surface area (Å²) in [5.41, 5.74) is 4.94. The van der Waals surface area contributed by atoms with E-state index in [2.05, 4.69) is 45.4 Å². The van der Waals surface area contributed by atoms with Gasteiger partial charge >= 0.3 is 0 Å². The molecule has 2 aromatic heterocycles. The number of rotatable bonds is 3. The zero-order valence-corrected chi connectivity index (χ0v) is 17.4. The normalized spacial score (nSPS) is 11.2. The highest BCUT2D eigenvalue weighted by atomic mass is 79.9. The van der Waals surface area contributed by atoms with Crippen molar-refractivity contribution in [1.82, 2.24) is 14.4 Å². The number of imidazole rings is 1. The first-order valence-electron chi connectivity index (χ1n) is 8.02. The largest absolute Gasteiger partial charge is 0.283 e. The van der Waals surface area contributed by atoms with Gasteiger partial charge in [0.05, 0.1) is 11.4 Å². The first-order valence-corrected chi connectivity index (χ1v) is 10.4. The summed E-state index contributed by atoms with van der Waals surface area (Å²) in [6.45, 7) is 1.97. The number of nitrogens with zero attached hydrogens (tertiary/aromatic N) is 3. The molecule has 0 atom stereocenters. The molecule has 0 amide bonds. The van der Waals surface area contributed by atoms with Gasteiger partial charge in [0.15, 0.2) is 0 Å². The molecule has 0 N–H and O–H groups in total. The van der Waals surface area contributed by atoms with E-state index in [1.165, 1.54) is 4.90 Å². The van der Waals surface area contributed by atoms with E-state index in [9.17, 15) is 0 Å². The van der Waals surface area contributed by atoms with Crippen LogP contribution < -0.4 is 0 Å². The van der Waals surface area contributed by atoms with Crippen molar-refractivity contribution in [2.75, 3.05) is 6.26 Å². The number of benzene rings is 2. The number of hydrogen-bond acceptors (Lipinski definition) is 3. The summed E-state index contributed by atoms with van der Waals surface area (Å²) < 4.78 is 3.11. The summed E-state index contributed by atoms with van der Waals surface area (Å²) in [6, 6.07) is 16.1. The fourth-order valence-electron chi connectivity index (χ4n) is 2.92. The second kappa shape index (κ2) is 7.06. The lowest BCUT2D eigenvalue weighted by atomic mass is 10.0. The summed E-state index contributed by atoms with van der Waals surface area (Å²) in [5, 5.41) is 0.708. The predicted octanol–water partition coefficient (Wildman–Crippen LogP) is 6.51. The van der Waals surface area contributed by atoms with E-state index >= 15 is 0 Å². The van der Waals surface area contributed by atoms with E-state index in [1.807, 2.05) is 47.9 Å². The topological polar surface area (TPSA) is 30.2 Å². The molecule has 2 heterocycles. The number of thioether (sulfide) groups is 1. The number of halogens is 2. The van der Waals surface area contributed by atoms with E-state index in [1.54, 1.807) is 11.8 Å². The Labute approximate surface area is 169 Å². The average Bonchev–Trinajstić information content (AvgIpc) is 3.00. The highest BCUT2D eigenvalue weighted by molar-refractivity contribution is 9.10. The van der Waals surface area contributed by atoms with Gasteiger partial charge in [0.1, 0.15) is 0 Å². The number of hydrogen-bond donors (Lipinski definition) is 0. The molecule has 0 fully saturated rings. The number of fused-ring (bicyclic) bond motifs is 1. The molecule has 0 saturated carbocycles. The summed E-state index contributed by atoms with van der Waals surface area (Å²) in [5.74, 6) is 0.690. The van der Waals surface area contributed by atoms with Crippen molar-refractivity contribution in [3.05, 3.63) is 69.9 Å². The zero-order valence-electron chi connectivity index (χ0n) is 14.2. The van der Waals surface area contributed by atoms with Gasteiger partial charge in [-0.05, 0) is 59.4 Å². The Morgan fingerprint density at radius 2 is 1.73 bits per heavy atom. The molecule has 4 rings (SSSR count). The van der Waals surface area contributed by atoms with Crippen molar-refractivity contribution in [3.63, 3.8) is 0 Å². The van der Waals surface area contributed by atoms with Gasteiger partial charge in [0.2, 0.25) is 5.78 Å². The summed E-state index contributed by atoms with van der Waals surface area (Å²) in [4.78, 5) is 10.6. The Morgan fingerprint density at radius 1 is 1.00 bits per heavy atom. The minimum absolute atomic E-state index is 0.690. The van der Waals surface area contributed by atoms with Gasteiger partial charge in [0.25, 0.3) is 0 Å². The molecule has 0 radical (unpaired) electrons. The van der Waals surface area contributed by atoms with Crippen LogP contribution in [-0.4, -0.2) is 20.6 Å². The minimum atomic E-state index is 0.690. The van der Waals surface area contributed by atoms with E-state index in [0.717, 1.165) is 32.7 Å². The van der Waals surface area contributed by atoms with Gasteiger partial charge in [-0.25, -0.2) is 9.97 Å². The van der Waals surface area contributed by atoms with Crippen LogP contribution in [0.2, 0.25) is 5.02 Å². The van der Waals surface area contributed by atoms with E-state index in [0.29, 0.717) is 10.8 Å². The third-order valence-corrected chi connectivity index (χ3v) is 6.14. The van der Waals surface area contributed by atoms with Crippen LogP contribution in [0.3, 0.4) is 0 Å². The van der Waals surface area contributed by atoms with Gasteiger partial charge < -0.3 is 0 Å². The SMILES string of the molecule is CSc1ccc(-c2c(-c3ccc(Cl)cc3)nc3nc(C)ccn23)cc1Br. The molecule has 2 aromatic carbocycles. The first kappa shape index (κ1) is 17.6. The quantitative estimate of drug-likeness (QED) is 0.337. The van der Waals surface area contributed by atoms with E-state index in [-0.39, 0.29) is 0 Å². The molecule has 6 heteroatoms. The van der Waals surface area contributed by atoms with Crippen LogP contribution in [0, 0.1) is 6.92 Å². The van der Waals surface area contributed by atoms with Crippen molar-refractivity contribution in [2.45, 2.75) is 11.8 Å². The molecule has 130 valence electrons. The van der Waals surface area contributed by atoms with E-state index < -0.39 is 0 Å². The van der Waals surface area contributed by atoms with Crippen LogP contribution in [-0.2, 0) is 0 Å². The molecule has 0 spiro atoms. The maximum absolute atomic E-state index is 6.06. The highest BCUT2D eigenvalue weighted by Crippen LogP contribution is 2.36. The lowest BCUT2D eigenvalue weighted by Gasteiger charge is -2.08. The second-order valence-corrected chi connectivity index (χ2v) is 8.04. The molecule has 0 saturated heterocycles. The van der Waals surface area contributed by atoms with Gasteiger partial charge in [-0.2, -0.15) is 0 Å². The smallest absolute Gasteiger partial charge is 0.235 e. The molecule has 0 unspecified atom stereocenters. The van der Waals surface area contributed by atoms with Gasteiger partial charge in [-0.15, -0.1) is 11.8 Å². The van der Waals surface area contributed by atoms with Gasteiger partial charge in [-0.3, -0.25) is 4.40 Å². The van der Waals surface area contributed by atoms with Crippen molar-refractivity contribution < 1.29 is 0 Å². The monoisotopic (exact) mass is 443 g/mol. The fourth-order valence-corrected chi connectivity index (χ4v) is 4.37. The molecule has 0 bridgehead atoms. The second-order valence-electron chi connectivity index (χ2n) is 5.90. The Balaban J connectivity index is 2.01. The molecule has 0 aliphatic rings. The molecular formula is C20H15BrClN3S. The molecule has 3 nitrogen and oxygen atoms in total. The molecule has 26 heavy (non-hydrogen) atoms. The summed E-state index contributed by atoms with van der Waals surface area (Å²) in [6.07, 6.45) is 4.09. The summed E-state index contributed by atoms with van der Waals surface area (Å²) >= 11 is 11.5. The van der Waals surface area contributed by atoms with Crippen LogP contribution in [0.4, 0.5) is 0 Å². The molecule has 4 aromatic rings. The minimum Gasteiger partial charge on any atom is -0.283 e. The number of aromatic nitrogens is 3. The molecule has 0 aliphatic heterocycles. The Morgan fingerprint density at radius 3 is 2.42 bits per heavy atom. The van der Waals surface area contributed by atoms with Crippen LogP contribution in [0.25, 0.3) is 28.3 Å². The van der Waals surface area contributed by atoms with Crippen molar-refractivity contribution in [2.24, 2.45) is 0 Å². The van der Waals surface area contributed by atoms with Gasteiger partial charge in [0, 0.05) is 37.4 Å². The average molecular weight is 445 g/mol. The van der Waals surface area contributed by atoms with Crippen LogP contribution >= 0.6 is 39.3 Å². The number of aryl methyl sites for hydroxylation is 1. The predicted molar refractivity (Wildman–Crippen MR) is 113 cm³/mol. The van der Waals surface area contributed by atoms with Gasteiger partial charge in [-0.1, -0.05) is 29.8 Å². The van der Waals surface area contributed by atoms with Crippen molar-refractivity contribution in [3.8, 4) is 22.5 Å². The van der Waals surface area contributed by atoms with Crippen molar-refractivity contribution in [1.29, 1.82) is 0 Å². The summed E-state index contributed by atoms with van der Waals surface area (Å²) in [7, 11) is 0. The maximum Gasteiger partial charge on any atom is 0.235 e. The molecule has 0 aliphatic carbocycles. The standard InChI is InChI=1S/C20H15BrClN3S/c1-12-9-10-25-19(14-5-8-17(26-2)16(21)11-14)18(24-20(25)23-12)13-3-6-15(22)7-4-13/h3-11H,1-2H3. The maximum atomic E-state index is 6.06. The van der Waals surface area contributed by atoms with Crippen LogP contribution in [0.1, 0.15) is 5.69 Å². The first-order chi connectivity index (χ1) is 12.6. The Bertz CT molecular complexity index is 1110. The highest BCUT2D eigenvalue weighted by Gasteiger charge is 2.17. The van der Waals surface area contributed by atoms with E-state index in [4.69, 9.17) is 16.6 Å². The zero-order chi connectivity index (χ0) is 18.3. The van der Waals surface area contributed by atoms with Crippen molar-refractivity contribution >= 4 is 45.1 Å². The van der Waals surface area contributed by atoms with Crippen LogP contribution in [0.5, 0.6) is 0 Å².